The van der Waals surface area contributed by atoms with Crippen LogP contribution in [0.15, 0.2) is 188 Å². The van der Waals surface area contributed by atoms with Gasteiger partial charge in [0.15, 0.2) is 0 Å². The van der Waals surface area contributed by atoms with Crippen molar-refractivity contribution in [3.63, 3.8) is 0 Å². The smallest absolute Gasteiger partial charge is 0.0726 e. The van der Waals surface area contributed by atoms with Crippen LogP contribution in [-0.4, -0.2) is 0 Å². The van der Waals surface area contributed by atoms with Crippen LogP contribution in [0.25, 0.3) is 54.9 Å². The highest BCUT2D eigenvalue weighted by molar-refractivity contribution is 6.15. The van der Waals surface area contributed by atoms with Gasteiger partial charge in [-0.05, 0) is 113 Å². The van der Waals surface area contributed by atoms with Gasteiger partial charge in [0.1, 0.15) is 0 Å². The second kappa shape index (κ2) is 10.9. The van der Waals surface area contributed by atoms with Crippen LogP contribution in [0.1, 0.15) is 47.2 Å². The van der Waals surface area contributed by atoms with Crippen LogP contribution in [0.3, 0.4) is 0 Å². The summed E-state index contributed by atoms with van der Waals surface area (Å²) >= 11 is 0. The van der Waals surface area contributed by atoms with E-state index in [1.54, 1.807) is 0 Å². The lowest BCUT2D eigenvalue weighted by atomic mass is 9.70. The van der Waals surface area contributed by atoms with E-state index in [4.69, 9.17) is 0 Å². The molecule has 3 aliphatic rings. The van der Waals surface area contributed by atoms with E-state index in [2.05, 4.69) is 207 Å². The fourth-order valence-electron chi connectivity index (χ4n) is 10.7. The average molecular weight is 700 g/mol. The van der Waals surface area contributed by atoms with Gasteiger partial charge in [-0.25, -0.2) is 0 Å². The topological polar surface area (TPSA) is 3.24 Å². The van der Waals surface area contributed by atoms with Crippen molar-refractivity contribution < 1.29 is 0 Å². The third-order valence-electron chi connectivity index (χ3n) is 13.0. The molecule has 0 unspecified atom stereocenters. The summed E-state index contributed by atoms with van der Waals surface area (Å²) in [6.07, 6.45) is 0. The molecule has 55 heavy (non-hydrogen) atoms. The first-order valence-corrected chi connectivity index (χ1v) is 19.4. The molecule has 0 heterocycles. The number of hydrogen-bond acceptors (Lipinski definition) is 1. The predicted molar refractivity (Wildman–Crippen MR) is 230 cm³/mol. The molecule has 12 rings (SSSR count). The zero-order valence-electron chi connectivity index (χ0n) is 30.8. The molecule has 0 atom stereocenters. The summed E-state index contributed by atoms with van der Waals surface area (Å²) in [5, 5.41) is 5.15. The van der Waals surface area contributed by atoms with Gasteiger partial charge in [0, 0.05) is 22.2 Å². The summed E-state index contributed by atoms with van der Waals surface area (Å²) < 4.78 is 0. The highest BCUT2D eigenvalue weighted by atomic mass is 15.1. The summed E-state index contributed by atoms with van der Waals surface area (Å²) in [7, 11) is 0. The van der Waals surface area contributed by atoms with Gasteiger partial charge in [0.25, 0.3) is 0 Å². The molecule has 0 saturated heterocycles. The largest absolute Gasteiger partial charge is 0.310 e. The first-order valence-electron chi connectivity index (χ1n) is 19.4. The molecular weight excluding hydrogens is 663 g/mol. The van der Waals surface area contributed by atoms with Crippen molar-refractivity contribution in [2.45, 2.75) is 24.7 Å². The van der Waals surface area contributed by atoms with E-state index in [0.717, 1.165) is 11.4 Å². The number of fused-ring (bicyclic) bond motifs is 17. The Kier molecular flexibility index (Phi) is 6.11. The molecule has 1 spiro atoms. The molecule has 3 aliphatic carbocycles. The van der Waals surface area contributed by atoms with Crippen LogP contribution >= 0.6 is 0 Å². The second-order valence-corrected chi connectivity index (χ2v) is 16.0. The van der Waals surface area contributed by atoms with E-state index >= 15 is 0 Å². The van der Waals surface area contributed by atoms with Crippen LogP contribution < -0.4 is 4.90 Å². The van der Waals surface area contributed by atoms with Gasteiger partial charge in [0.2, 0.25) is 0 Å². The molecular formula is C54H37N. The van der Waals surface area contributed by atoms with Crippen molar-refractivity contribution >= 4 is 38.6 Å². The molecule has 9 aromatic carbocycles. The molecule has 0 aliphatic heterocycles. The molecule has 0 N–H and O–H groups in total. The highest BCUT2D eigenvalue weighted by Gasteiger charge is 2.51. The van der Waals surface area contributed by atoms with Gasteiger partial charge >= 0.3 is 0 Å². The zero-order valence-corrected chi connectivity index (χ0v) is 30.8. The lowest BCUT2D eigenvalue weighted by molar-refractivity contribution is 0.661. The van der Waals surface area contributed by atoms with Crippen molar-refractivity contribution in [2.75, 3.05) is 4.90 Å². The van der Waals surface area contributed by atoms with Crippen molar-refractivity contribution in [2.24, 2.45) is 0 Å². The number of anilines is 3. The maximum atomic E-state index is 2.52. The van der Waals surface area contributed by atoms with Crippen molar-refractivity contribution in [1.82, 2.24) is 0 Å². The Balaban J connectivity index is 1.16. The van der Waals surface area contributed by atoms with Crippen molar-refractivity contribution in [1.29, 1.82) is 0 Å². The number of para-hydroxylation sites is 1. The first kappa shape index (κ1) is 30.7. The number of hydrogen-bond donors (Lipinski definition) is 0. The first-order chi connectivity index (χ1) is 27.1. The molecule has 0 saturated carbocycles. The standard InChI is InChI=1S/C54H37N/c1-53(2)47-31-28-34-16-6-7-19-37(34)51(47)52-43-24-9-8-23-42(43)50(33-49(52)53)55(35-17-4-3-5-18-35)36-29-30-41-40-22-12-15-27-46(40)54(48(41)32-36)44-25-13-10-20-38(44)39-21-11-14-26-45(39)54/h3-33H,1-2H3. The summed E-state index contributed by atoms with van der Waals surface area (Å²) in [5.74, 6) is 0. The van der Waals surface area contributed by atoms with E-state index in [1.807, 2.05) is 0 Å². The summed E-state index contributed by atoms with van der Waals surface area (Å²) in [4.78, 5) is 2.52. The average Bonchev–Trinajstić information content (AvgIpc) is 3.80. The normalized spacial score (nSPS) is 14.7. The fourth-order valence-corrected chi connectivity index (χ4v) is 10.7. The number of benzene rings is 9. The zero-order chi connectivity index (χ0) is 36.5. The summed E-state index contributed by atoms with van der Waals surface area (Å²) in [5.41, 5.74) is 19.1. The lowest BCUT2D eigenvalue weighted by Crippen LogP contribution is -2.26. The van der Waals surface area contributed by atoms with Gasteiger partial charge in [-0.3, -0.25) is 0 Å². The van der Waals surface area contributed by atoms with Crippen molar-refractivity contribution in [3.8, 4) is 33.4 Å². The maximum Gasteiger partial charge on any atom is 0.0726 e. The minimum Gasteiger partial charge on any atom is -0.310 e. The fraction of sp³-hybridized carbons (Fsp3) is 0.0741. The van der Waals surface area contributed by atoms with E-state index in [1.165, 1.54) is 94.0 Å². The monoisotopic (exact) mass is 699 g/mol. The molecule has 0 fully saturated rings. The highest BCUT2D eigenvalue weighted by Crippen LogP contribution is 2.64. The Labute approximate surface area is 321 Å². The van der Waals surface area contributed by atoms with Crippen LogP contribution in [-0.2, 0) is 10.8 Å². The van der Waals surface area contributed by atoms with E-state index < -0.39 is 5.41 Å². The molecule has 1 heteroatoms. The number of nitrogens with zero attached hydrogens (tertiary/aromatic N) is 1. The Bertz CT molecular complexity index is 3010. The van der Waals surface area contributed by atoms with E-state index in [0.29, 0.717) is 0 Å². The number of rotatable bonds is 3. The molecule has 0 bridgehead atoms. The van der Waals surface area contributed by atoms with Crippen LogP contribution in [0.2, 0.25) is 0 Å². The minimum atomic E-state index is -0.415. The minimum absolute atomic E-state index is 0.184. The van der Waals surface area contributed by atoms with Gasteiger partial charge in [-0.2, -0.15) is 0 Å². The summed E-state index contributed by atoms with van der Waals surface area (Å²) in [6.45, 7) is 4.81. The predicted octanol–water partition coefficient (Wildman–Crippen LogP) is 14.1. The third kappa shape index (κ3) is 3.87. The Morgan fingerprint density at radius 3 is 1.55 bits per heavy atom. The van der Waals surface area contributed by atoms with Crippen LogP contribution in [0.4, 0.5) is 17.1 Å². The van der Waals surface area contributed by atoms with Crippen LogP contribution in [0, 0.1) is 0 Å². The van der Waals surface area contributed by atoms with Crippen molar-refractivity contribution in [3.05, 3.63) is 221 Å². The lowest BCUT2D eigenvalue weighted by Gasteiger charge is -2.33. The van der Waals surface area contributed by atoms with Gasteiger partial charge in [-0.1, -0.05) is 172 Å². The third-order valence-corrected chi connectivity index (χ3v) is 13.0. The molecule has 0 radical (unpaired) electrons. The van der Waals surface area contributed by atoms with Gasteiger partial charge in [-0.15, -0.1) is 0 Å². The Morgan fingerprint density at radius 2 is 0.873 bits per heavy atom. The van der Waals surface area contributed by atoms with Gasteiger partial charge in [0.05, 0.1) is 11.1 Å². The molecule has 1 nitrogen and oxygen atoms in total. The van der Waals surface area contributed by atoms with E-state index in [-0.39, 0.29) is 5.41 Å². The second-order valence-electron chi connectivity index (χ2n) is 16.0. The molecule has 0 aromatic heterocycles. The van der Waals surface area contributed by atoms with E-state index in [9.17, 15) is 0 Å². The molecule has 9 aromatic rings. The molecule has 258 valence electrons. The quantitative estimate of drug-likeness (QED) is 0.177. The van der Waals surface area contributed by atoms with Crippen LogP contribution in [0.5, 0.6) is 0 Å². The maximum absolute atomic E-state index is 2.52. The molecule has 0 amide bonds. The Hall–Kier alpha value is -6.70. The summed E-state index contributed by atoms with van der Waals surface area (Å²) in [6, 6.07) is 70.6. The SMILES string of the molecule is CC1(C)c2ccc3ccccc3c2-c2c1cc(N(c1ccccc1)c1ccc3c(c1)C1(c4ccccc4-c4ccccc41)c1ccccc1-3)c1ccccc21. The van der Waals surface area contributed by atoms with Gasteiger partial charge < -0.3 is 4.90 Å². The Morgan fingerprint density at radius 1 is 0.345 bits per heavy atom.